The molecule has 0 saturated carbocycles. The molecule has 0 aromatic heterocycles. The minimum absolute atomic E-state index is 0.195. The van der Waals surface area contributed by atoms with Gasteiger partial charge < -0.3 is 5.32 Å². The predicted molar refractivity (Wildman–Crippen MR) is 64.3 cm³/mol. The number of carbonyl (C=O) groups is 1. The third-order valence-electron chi connectivity index (χ3n) is 2.02. The first kappa shape index (κ1) is 13.0. The van der Waals surface area contributed by atoms with Crippen LogP contribution in [0.25, 0.3) is 0 Å². The van der Waals surface area contributed by atoms with Gasteiger partial charge in [0.2, 0.25) is 0 Å². The fourth-order valence-electron chi connectivity index (χ4n) is 1.25. The Morgan fingerprint density at radius 3 is 2.88 bits per heavy atom. The third-order valence-corrected chi connectivity index (χ3v) is 2.25. The second-order valence-corrected chi connectivity index (χ2v) is 3.65. The Kier molecular flexibility index (Phi) is 5.25. The van der Waals surface area contributed by atoms with Crippen molar-refractivity contribution in [1.82, 2.24) is 5.48 Å². The molecular formula is C11H15ClN2O2. The van der Waals surface area contributed by atoms with E-state index < -0.39 is 6.10 Å². The maximum Gasteiger partial charge on any atom is 0.255 e. The smallest absolute Gasteiger partial charge is 0.255 e. The van der Waals surface area contributed by atoms with Crippen molar-refractivity contribution in [2.24, 2.45) is 0 Å². The topological polar surface area (TPSA) is 50.4 Å². The molecule has 0 spiro atoms. The Morgan fingerprint density at radius 2 is 2.31 bits per heavy atom. The molecular weight excluding hydrogens is 228 g/mol. The van der Waals surface area contributed by atoms with Crippen LogP contribution in [0.1, 0.15) is 13.3 Å². The standard InChI is InChI=1S/C11H15ClN2O2/c1-3-10(16-13-2)11(15)14-9-6-4-5-8(12)7-9/h4-7,10,13H,3H2,1-2H3,(H,14,15). The molecule has 16 heavy (non-hydrogen) atoms. The lowest BCUT2D eigenvalue weighted by atomic mass is 10.2. The highest BCUT2D eigenvalue weighted by Gasteiger charge is 2.16. The van der Waals surface area contributed by atoms with Crippen LogP contribution in [0.3, 0.4) is 0 Å². The number of rotatable bonds is 5. The molecule has 0 saturated heterocycles. The molecule has 1 aromatic carbocycles. The normalized spacial score (nSPS) is 12.2. The minimum Gasteiger partial charge on any atom is -0.324 e. The van der Waals surface area contributed by atoms with E-state index in [4.69, 9.17) is 16.4 Å². The quantitative estimate of drug-likeness (QED) is 0.779. The molecule has 1 amide bonds. The number of carbonyl (C=O) groups excluding carboxylic acids is 1. The van der Waals surface area contributed by atoms with Gasteiger partial charge >= 0.3 is 0 Å². The van der Waals surface area contributed by atoms with Gasteiger partial charge in [0.25, 0.3) is 5.91 Å². The fourth-order valence-corrected chi connectivity index (χ4v) is 1.44. The monoisotopic (exact) mass is 242 g/mol. The van der Waals surface area contributed by atoms with Gasteiger partial charge in [0.1, 0.15) is 0 Å². The second-order valence-electron chi connectivity index (χ2n) is 3.22. The van der Waals surface area contributed by atoms with Crippen LogP contribution in [0.2, 0.25) is 5.02 Å². The van der Waals surface area contributed by atoms with E-state index >= 15 is 0 Å². The van der Waals surface area contributed by atoms with Crippen molar-refractivity contribution in [3.05, 3.63) is 29.3 Å². The number of nitrogens with one attached hydrogen (secondary N) is 2. The van der Waals surface area contributed by atoms with E-state index in [-0.39, 0.29) is 5.91 Å². The van der Waals surface area contributed by atoms with Gasteiger partial charge in [0.15, 0.2) is 6.10 Å². The minimum atomic E-state index is -0.510. The highest BCUT2D eigenvalue weighted by molar-refractivity contribution is 6.30. The molecule has 1 aromatic rings. The molecule has 1 unspecified atom stereocenters. The first-order chi connectivity index (χ1) is 7.67. The van der Waals surface area contributed by atoms with Crippen molar-refractivity contribution < 1.29 is 9.63 Å². The summed E-state index contributed by atoms with van der Waals surface area (Å²) in [4.78, 5) is 16.8. The summed E-state index contributed by atoms with van der Waals surface area (Å²) >= 11 is 5.81. The molecule has 0 radical (unpaired) electrons. The first-order valence-corrected chi connectivity index (χ1v) is 5.44. The SMILES string of the molecule is CCC(ONC)C(=O)Nc1cccc(Cl)c1. The summed E-state index contributed by atoms with van der Waals surface area (Å²) < 4.78 is 0. The van der Waals surface area contributed by atoms with E-state index in [0.29, 0.717) is 17.1 Å². The first-order valence-electron chi connectivity index (χ1n) is 5.06. The Bertz CT molecular complexity index is 358. The van der Waals surface area contributed by atoms with E-state index in [1.165, 1.54) is 0 Å². The lowest BCUT2D eigenvalue weighted by molar-refractivity contribution is -0.132. The maximum absolute atomic E-state index is 11.7. The number of hydrogen-bond donors (Lipinski definition) is 2. The highest BCUT2D eigenvalue weighted by atomic mass is 35.5. The van der Waals surface area contributed by atoms with Crippen LogP contribution in [-0.2, 0) is 9.63 Å². The molecule has 0 fully saturated rings. The molecule has 0 aliphatic rings. The Morgan fingerprint density at radius 1 is 1.56 bits per heavy atom. The summed E-state index contributed by atoms with van der Waals surface area (Å²) in [5.41, 5.74) is 3.17. The van der Waals surface area contributed by atoms with Crippen LogP contribution in [0.15, 0.2) is 24.3 Å². The van der Waals surface area contributed by atoms with E-state index in [1.54, 1.807) is 31.3 Å². The predicted octanol–water partition coefficient (Wildman–Crippen LogP) is 2.21. The van der Waals surface area contributed by atoms with Crippen molar-refractivity contribution >= 4 is 23.2 Å². The number of hydroxylamine groups is 1. The summed E-state index contributed by atoms with van der Waals surface area (Å²) in [5.74, 6) is -0.195. The molecule has 5 heteroatoms. The van der Waals surface area contributed by atoms with Crippen molar-refractivity contribution in [1.29, 1.82) is 0 Å². The summed E-state index contributed by atoms with van der Waals surface area (Å²) in [6.45, 7) is 1.87. The van der Waals surface area contributed by atoms with Gasteiger partial charge in [0, 0.05) is 17.8 Å². The van der Waals surface area contributed by atoms with Crippen molar-refractivity contribution in [3.63, 3.8) is 0 Å². The average molecular weight is 243 g/mol. The van der Waals surface area contributed by atoms with Gasteiger partial charge in [-0.2, -0.15) is 0 Å². The van der Waals surface area contributed by atoms with Crippen molar-refractivity contribution in [2.45, 2.75) is 19.4 Å². The van der Waals surface area contributed by atoms with Crippen molar-refractivity contribution in [3.8, 4) is 0 Å². The third kappa shape index (κ3) is 3.81. The number of amides is 1. The summed E-state index contributed by atoms with van der Waals surface area (Å²) in [7, 11) is 1.62. The zero-order valence-corrected chi connectivity index (χ0v) is 10.0. The summed E-state index contributed by atoms with van der Waals surface area (Å²) in [5, 5.41) is 3.31. The Hall–Kier alpha value is -1.10. The lowest BCUT2D eigenvalue weighted by Gasteiger charge is -2.14. The average Bonchev–Trinajstić information content (AvgIpc) is 2.25. The second kappa shape index (κ2) is 6.48. The Balaban J connectivity index is 2.62. The van der Waals surface area contributed by atoms with E-state index in [0.717, 1.165) is 0 Å². The molecule has 1 rings (SSSR count). The number of benzene rings is 1. The zero-order valence-electron chi connectivity index (χ0n) is 9.29. The van der Waals surface area contributed by atoms with Crippen LogP contribution >= 0.6 is 11.6 Å². The zero-order chi connectivity index (χ0) is 12.0. The van der Waals surface area contributed by atoms with Crippen molar-refractivity contribution in [2.75, 3.05) is 12.4 Å². The number of anilines is 1. The maximum atomic E-state index is 11.7. The van der Waals surface area contributed by atoms with Crippen LogP contribution in [-0.4, -0.2) is 19.1 Å². The Labute approximate surface area is 99.9 Å². The van der Waals surface area contributed by atoms with E-state index in [2.05, 4.69) is 10.8 Å². The number of halogens is 1. The molecule has 0 aliphatic carbocycles. The molecule has 0 heterocycles. The fraction of sp³-hybridized carbons (Fsp3) is 0.364. The van der Waals surface area contributed by atoms with Gasteiger partial charge in [-0.3, -0.25) is 9.63 Å². The van der Waals surface area contributed by atoms with E-state index in [9.17, 15) is 4.79 Å². The summed E-state index contributed by atoms with van der Waals surface area (Å²) in [6, 6.07) is 6.98. The highest BCUT2D eigenvalue weighted by Crippen LogP contribution is 2.15. The van der Waals surface area contributed by atoms with Gasteiger partial charge in [-0.15, -0.1) is 0 Å². The molecule has 88 valence electrons. The van der Waals surface area contributed by atoms with Crippen LogP contribution < -0.4 is 10.8 Å². The van der Waals surface area contributed by atoms with Gasteiger partial charge in [0.05, 0.1) is 0 Å². The molecule has 1 atom stereocenters. The van der Waals surface area contributed by atoms with Crippen LogP contribution in [0, 0.1) is 0 Å². The van der Waals surface area contributed by atoms with Gasteiger partial charge in [-0.1, -0.05) is 24.6 Å². The van der Waals surface area contributed by atoms with Crippen LogP contribution in [0.5, 0.6) is 0 Å². The summed E-state index contributed by atoms with van der Waals surface area (Å²) in [6.07, 6.45) is 0.0803. The molecule has 0 bridgehead atoms. The lowest BCUT2D eigenvalue weighted by Crippen LogP contribution is -2.33. The largest absolute Gasteiger partial charge is 0.324 e. The molecule has 2 N–H and O–H groups in total. The van der Waals surface area contributed by atoms with Gasteiger partial charge in [-0.25, -0.2) is 5.48 Å². The van der Waals surface area contributed by atoms with Gasteiger partial charge in [-0.05, 0) is 24.6 Å². The number of hydrogen-bond acceptors (Lipinski definition) is 3. The van der Waals surface area contributed by atoms with E-state index in [1.807, 2.05) is 6.92 Å². The molecule has 0 aliphatic heterocycles. The molecule has 4 nitrogen and oxygen atoms in total. The van der Waals surface area contributed by atoms with Crippen LogP contribution in [0.4, 0.5) is 5.69 Å².